The van der Waals surface area contributed by atoms with Gasteiger partial charge in [0.1, 0.15) is 0 Å². The molecule has 1 heterocycles. The number of hydrogen-bond acceptors (Lipinski definition) is 6. The molecule has 1 rings (SSSR count). The van der Waals surface area contributed by atoms with E-state index in [1.54, 1.807) is 13.8 Å². The molecule has 0 bridgehead atoms. The highest BCUT2D eigenvalue weighted by Gasteiger charge is 2.30. The van der Waals surface area contributed by atoms with Gasteiger partial charge in [-0.1, -0.05) is 6.92 Å². The first-order valence-electron chi connectivity index (χ1n) is 5.91. The quantitative estimate of drug-likeness (QED) is 0.689. The third kappa shape index (κ3) is 4.01. The van der Waals surface area contributed by atoms with Gasteiger partial charge in [-0.25, -0.2) is 4.79 Å². The van der Waals surface area contributed by atoms with Crippen molar-refractivity contribution in [3.05, 3.63) is 0 Å². The maximum absolute atomic E-state index is 11.6. The number of esters is 3. The lowest BCUT2D eigenvalue weighted by Crippen LogP contribution is -2.29. The number of rotatable bonds is 5. The van der Waals surface area contributed by atoms with Crippen LogP contribution in [0.1, 0.15) is 40.0 Å². The van der Waals surface area contributed by atoms with E-state index < -0.39 is 36.2 Å². The molecule has 6 heteroatoms. The predicted molar refractivity (Wildman–Crippen MR) is 60.2 cm³/mol. The Kier molecular flexibility index (Phi) is 4.69. The first-order chi connectivity index (χ1) is 8.35. The lowest BCUT2D eigenvalue weighted by molar-refractivity contribution is -0.184. The Morgan fingerprint density at radius 2 is 2.11 bits per heavy atom. The molecule has 6 nitrogen and oxygen atoms in total. The van der Waals surface area contributed by atoms with Crippen LogP contribution in [-0.2, 0) is 28.6 Å². The first-order valence-corrected chi connectivity index (χ1v) is 5.91. The molecule has 0 spiro atoms. The highest BCUT2D eigenvalue weighted by atomic mass is 16.7. The second kappa shape index (κ2) is 5.84. The zero-order valence-corrected chi connectivity index (χ0v) is 10.9. The largest absolute Gasteiger partial charge is 0.453 e. The molecule has 0 N–H and O–H groups in total. The molecule has 0 aromatic rings. The smallest absolute Gasteiger partial charge is 0.347 e. The molecule has 1 saturated heterocycles. The van der Waals surface area contributed by atoms with Gasteiger partial charge < -0.3 is 14.2 Å². The number of hydrogen-bond donors (Lipinski definition) is 0. The molecule has 1 atom stereocenters. The van der Waals surface area contributed by atoms with Gasteiger partial charge in [-0.05, 0) is 20.3 Å². The van der Waals surface area contributed by atoms with Crippen molar-refractivity contribution in [3.63, 3.8) is 0 Å². The summed E-state index contributed by atoms with van der Waals surface area (Å²) < 4.78 is 14.4. The number of cyclic esters (lactones) is 1. The zero-order valence-electron chi connectivity index (χ0n) is 10.9. The summed E-state index contributed by atoms with van der Waals surface area (Å²) in [4.78, 5) is 33.7. The zero-order chi connectivity index (χ0) is 13.8. The Bertz CT molecular complexity index is 346. The summed E-state index contributed by atoms with van der Waals surface area (Å²) in [6.07, 6.45) is 0.351. The molecule has 1 fully saturated rings. The van der Waals surface area contributed by atoms with Gasteiger partial charge in [0.25, 0.3) is 0 Å². The SMILES string of the molecule is CCC(C)(C)C(=O)OCC(=O)OC1CCC(=O)O1. The Balaban J connectivity index is 2.29. The molecule has 0 radical (unpaired) electrons. The molecule has 0 aromatic carbocycles. The molecule has 1 aliphatic heterocycles. The normalized spacial score (nSPS) is 19.3. The van der Waals surface area contributed by atoms with Crippen LogP contribution in [0.3, 0.4) is 0 Å². The molecular formula is C12H18O6. The highest BCUT2D eigenvalue weighted by Crippen LogP contribution is 2.21. The van der Waals surface area contributed by atoms with E-state index in [1.165, 1.54) is 0 Å². The Morgan fingerprint density at radius 1 is 1.44 bits per heavy atom. The molecule has 1 aliphatic rings. The molecule has 0 amide bonds. The summed E-state index contributed by atoms with van der Waals surface area (Å²) in [5.74, 6) is -1.56. The number of carbonyl (C=O) groups excluding carboxylic acids is 3. The minimum atomic E-state index is -0.845. The fraction of sp³-hybridized carbons (Fsp3) is 0.750. The monoisotopic (exact) mass is 258 g/mol. The molecule has 18 heavy (non-hydrogen) atoms. The van der Waals surface area contributed by atoms with Crippen LogP contribution in [-0.4, -0.2) is 30.8 Å². The van der Waals surface area contributed by atoms with Gasteiger partial charge in [-0.15, -0.1) is 0 Å². The van der Waals surface area contributed by atoms with E-state index >= 15 is 0 Å². The molecule has 0 aromatic heterocycles. The van der Waals surface area contributed by atoms with Crippen molar-refractivity contribution in [1.82, 2.24) is 0 Å². The van der Waals surface area contributed by atoms with Crippen LogP contribution in [0.4, 0.5) is 0 Å². The third-order valence-corrected chi connectivity index (χ3v) is 2.87. The van der Waals surface area contributed by atoms with E-state index in [2.05, 4.69) is 0 Å². The van der Waals surface area contributed by atoms with Crippen molar-refractivity contribution in [1.29, 1.82) is 0 Å². The second-order valence-electron chi connectivity index (χ2n) is 4.76. The van der Waals surface area contributed by atoms with Crippen LogP contribution in [0.2, 0.25) is 0 Å². The Morgan fingerprint density at radius 3 is 2.61 bits per heavy atom. The van der Waals surface area contributed by atoms with E-state index in [0.29, 0.717) is 12.8 Å². The van der Waals surface area contributed by atoms with E-state index in [1.807, 2.05) is 6.92 Å². The summed E-state index contributed by atoms with van der Waals surface area (Å²) in [6.45, 7) is 4.87. The van der Waals surface area contributed by atoms with Gasteiger partial charge in [0.05, 0.1) is 11.8 Å². The van der Waals surface area contributed by atoms with Crippen molar-refractivity contribution in [2.24, 2.45) is 5.41 Å². The summed E-state index contributed by atoms with van der Waals surface area (Å²) in [5.41, 5.74) is -0.625. The lowest BCUT2D eigenvalue weighted by Gasteiger charge is -2.20. The first kappa shape index (κ1) is 14.5. The fourth-order valence-corrected chi connectivity index (χ4v) is 1.23. The minimum absolute atomic E-state index is 0.237. The van der Waals surface area contributed by atoms with E-state index in [4.69, 9.17) is 14.2 Å². The Hall–Kier alpha value is -1.59. The highest BCUT2D eigenvalue weighted by molar-refractivity contribution is 5.80. The van der Waals surface area contributed by atoms with E-state index in [-0.39, 0.29) is 6.42 Å². The summed E-state index contributed by atoms with van der Waals surface area (Å²) in [5, 5.41) is 0. The lowest BCUT2D eigenvalue weighted by atomic mass is 9.91. The minimum Gasteiger partial charge on any atom is -0.453 e. The van der Waals surface area contributed by atoms with Gasteiger partial charge in [-0.2, -0.15) is 0 Å². The van der Waals surface area contributed by atoms with Crippen LogP contribution < -0.4 is 0 Å². The summed E-state index contributed by atoms with van der Waals surface area (Å²) >= 11 is 0. The standard InChI is InChI=1S/C12H18O6/c1-4-12(2,3)11(15)16-7-9(14)18-10-6-5-8(13)17-10/h10H,4-7H2,1-3H3. The van der Waals surface area contributed by atoms with Crippen molar-refractivity contribution in [3.8, 4) is 0 Å². The average molecular weight is 258 g/mol. The predicted octanol–water partition coefficient (Wildman–Crippen LogP) is 1.17. The molecule has 1 unspecified atom stereocenters. The van der Waals surface area contributed by atoms with Gasteiger partial charge in [-0.3, -0.25) is 9.59 Å². The fourth-order valence-electron chi connectivity index (χ4n) is 1.23. The average Bonchev–Trinajstić information content (AvgIpc) is 2.71. The van der Waals surface area contributed by atoms with Crippen molar-refractivity contribution >= 4 is 17.9 Å². The molecule has 102 valence electrons. The molecular weight excluding hydrogens is 240 g/mol. The summed E-state index contributed by atoms with van der Waals surface area (Å²) in [7, 11) is 0. The van der Waals surface area contributed by atoms with Gasteiger partial charge in [0.15, 0.2) is 6.61 Å². The topological polar surface area (TPSA) is 78.9 Å². The van der Waals surface area contributed by atoms with Gasteiger partial charge in [0, 0.05) is 6.42 Å². The van der Waals surface area contributed by atoms with Crippen LogP contribution >= 0.6 is 0 Å². The number of carbonyl (C=O) groups is 3. The van der Waals surface area contributed by atoms with Crippen molar-refractivity contribution < 1.29 is 28.6 Å². The third-order valence-electron chi connectivity index (χ3n) is 2.87. The van der Waals surface area contributed by atoms with Crippen LogP contribution in [0.5, 0.6) is 0 Å². The van der Waals surface area contributed by atoms with Crippen molar-refractivity contribution in [2.75, 3.05) is 6.61 Å². The van der Waals surface area contributed by atoms with E-state index in [0.717, 1.165) is 0 Å². The van der Waals surface area contributed by atoms with Crippen LogP contribution in [0, 0.1) is 5.41 Å². The summed E-state index contributed by atoms with van der Waals surface area (Å²) in [6, 6.07) is 0. The van der Waals surface area contributed by atoms with Crippen LogP contribution in [0.15, 0.2) is 0 Å². The maximum Gasteiger partial charge on any atom is 0.347 e. The Labute approximate surface area is 106 Å². The van der Waals surface area contributed by atoms with Gasteiger partial charge in [0.2, 0.25) is 6.29 Å². The maximum atomic E-state index is 11.6. The van der Waals surface area contributed by atoms with E-state index in [9.17, 15) is 14.4 Å². The molecule has 0 saturated carbocycles. The van der Waals surface area contributed by atoms with Gasteiger partial charge >= 0.3 is 17.9 Å². The van der Waals surface area contributed by atoms with Crippen LogP contribution in [0.25, 0.3) is 0 Å². The second-order valence-corrected chi connectivity index (χ2v) is 4.76. The van der Waals surface area contributed by atoms with Crippen molar-refractivity contribution in [2.45, 2.75) is 46.3 Å². The number of ether oxygens (including phenoxy) is 3. The molecule has 0 aliphatic carbocycles.